The fourth-order valence-electron chi connectivity index (χ4n) is 0.800. The number of nitrogens with zero attached hydrogens (tertiary/aromatic N) is 1. The van der Waals surface area contributed by atoms with Crippen molar-refractivity contribution in [2.24, 2.45) is 5.73 Å². The van der Waals surface area contributed by atoms with Gasteiger partial charge in [-0.2, -0.15) is 5.26 Å². The van der Waals surface area contributed by atoms with E-state index in [4.69, 9.17) is 11.0 Å². The maximum Gasteiger partial charge on any atom is 0.293 e. The number of carbonyl (C=O) groups is 1. The minimum Gasteiger partial charge on any atom is -0.359 e. The second-order valence-corrected chi connectivity index (χ2v) is 2.31. The summed E-state index contributed by atoms with van der Waals surface area (Å²) in [6.45, 7) is 0. The molecule has 0 fully saturated rings. The third kappa shape index (κ3) is 2.69. The molecule has 0 saturated carbocycles. The smallest absolute Gasteiger partial charge is 0.293 e. The molecular formula is C10H6N2O. The number of benzene rings is 1. The van der Waals surface area contributed by atoms with Crippen LogP contribution < -0.4 is 5.73 Å². The monoisotopic (exact) mass is 170 g/mol. The van der Waals surface area contributed by atoms with Crippen LogP contribution in [0.2, 0.25) is 0 Å². The minimum absolute atomic E-state index is 0.510. The highest BCUT2D eigenvalue weighted by Gasteiger charge is 1.90. The molecule has 0 bridgehead atoms. The normalized spacial score (nSPS) is 7.92. The molecule has 0 radical (unpaired) electrons. The number of hydrogen-bond acceptors (Lipinski definition) is 2. The van der Waals surface area contributed by atoms with E-state index in [1.807, 2.05) is 6.07 Å². The molecule has 3 nitrogen and oxygen atoms in total. The molecule has 1 rings (SSSR count). The summed E-state index contributed by atoms with van der Waals surface area (Å²) >= 11 is 0. The van der Waals surface area contributed by atoms with E-state index in [1.165, 1.54) is 0 Å². The zero-order valence-electron chi connectivity index (χ0n) is 6.74. The molecule has 1 aromatic rings. The minimum atomic E-state index is -0.678. The van der Waals surface area contributed by atoms with Crippen LogP contribution in [0.25, 0.3) is 0 Å². The third-order valence-corrected chi connectivity index (χ3v) is 1.32. The molecule has 0 aromatic heterocycles. The predicted octanol–water partition coefficient (Wildman–Crippen LogP) is 0.395. The molecule has 0 atom stereocenters. The molecule has 0 aliphatic carbocycles. The first kappa shape index (κ1) is 8.83. The van der Waals surface area contributed by atoms with Gasteiger partial charge in [-0.3, -0.25) is 4.79 Å². The average Bonchev–Trinajstić information content (AvgIpc) is 2.15. The Labute approximate surface area is 75.8 Å². The van der Waals surface area contributed by atoms with E-state index in [2.05, 4.69) is 11.8 Å². The van der Waals surface area contributed by atoms with Crippen LogP contribution in [-0.4, -0.2) is 5.91 Å². The number of hydrogen-bond donors (Lipinski definition) is 1. The van der Waals surface area contributed by atoms with Gasteiger partial charge in [-0.1, -0.05) is 12.0 Å². The molecule has 0 heterocycles. The van der Waals surface area contributed by atoms with Crippen molar-refractivity contribution in [3.05, 3.63) is 35.4 Å². The van der Waals surface area contributed by atoms with Crippen molar-refractivity contribution in [1.29, 1.82) is 5.26 Å². The van der Waals surface area contributed by atoms with Crippen LogP contribution in [0.15, 0.2) is 24.3 Å². The van der Waals surface area contributed by atoms with Crippen LogP contribution in [0.4, 0.5) is 0 Å². The molecule has 62 valence electrons. The zero-order valence-corrected chi connectivity index (χ0v) is 6.74. The van der Waals surface area contributed by atoms with Crippen LogP contribution in [0.1, 0.15) is 11.1 Å². The van der Waals surface area contributed by atoms with E-state index in [9.17, 15) is 4.79 Å². The summed E-state index contributed by atoms with van der Waals surface area (Å²) in [5.41, 5.74) is 5.95. The first-order chi connectivity index (χ1) is 6.22. The lowest BCUT2D eigenvalue weighted by atomic mass is 10.1. The van der Waals surface area contributed by atoms with Crippen LogP contribution in [0, 0.1) is 23.2 Å². The molecule has 3 heteroatoms. The Hall–Kier alpha value is -2.26. The lowest BCUT2D eigenvalue weighted by Gasteiger charge is -1.89. The summed E-state index contributed by atoms with van der Waals surface area (Å²) in [5, 5.41) is 8.55. The van der Waals surface area contributed by atoms with Crippen LogP contribution in [0.3, 0.4) is 0 Å². The van der Waals surface area contributed by atoms with Crippen molar-refractivity contribution in [2.75, 3.05) is 0 Å². The molecule has 0 saturated heterocycles. The number of rotatable bonds is 0. The van der Waals surface area contributed by atoms with Gasteiger partial charge in [0.2, 0.25) is 0 Å². The fourth-order valence-corrected chi connectivity index (χ4v) is 0.800. The Balaban J connectivity index is 3.00. The van der Waals surface area contributed by atoms with Gasteiger partial charge < -0.3 is 5.73 Å². The second kappa shape index (κ2) is 3.94. The molecule has 1 amide bonds. The molecule has 1 aromatic carbocycles. The fraction of sp³-hybridized carbons (Fsp3) is 0. The first-order valence-electron chi connectivity index (χ1n) is 3.54. The van der Waals surface area contributed by atoms with Gasteiger partial charge in [0.25, 0.3) is 5.91 Å². The molecule has 13 heavy (non-hydrogen) atoms. The van der Waals surface area contributed by atoms with Gasteiger partial charge in [-0.15, -0.1) is 0 Å². The van der Waals surface area contributed by atoms with Gasteiger partial charge in [-0.05, 0) is 24.1 Å². The molecule has 2 N–H and O–H groups in total. The van der Waals surface area contributed by atoms with Gasteiger partial charge in [-0.25, -0.2) is 0 Å². The third-order valence-electron chi connectivity index (χ3n) is 1.32. The SMILES string of the molecule is N#Cc1cccc(C#CC(N)=O)c1. The number of carbonyl (C=O) groups excluding carboxylic acids is 1. The molecular weight excluding hydrogens is 164 g/mol. The van der Waals surface area contributed by atoms with Crippen LogP contribution in [0.5, 0.6) is 0 Å². The van der Waals surface area contributed by atoms with Crippen molar-refractivity contribution < 1.29 is 4.79 Å². The summed E-state index contributed by atoms with van der Waals surface area (Å²) in [4.78, 5) is 10.3. The zero-order chi connectivity index (χ0) is 9.68. The maximum atomic E-state index is 10.3. The predicted molar refractivity (Wildman–Crippen MR) is 47.2 cm³/mol. The number of nitrogens with two attached hydrogens (primary N) is 1. The van der Waals surface area contributed by atoms with E-state index >= 15 is 0 Å². The van der Waals surface area contributed by atoms with Gasteiger partial charge >= 0.3 is 0 Å². The number of primary amides is 1. The highest BCUT2D eigenvalue weighted by atomic mass is 16.1. The highest BCUT2D eigenvalue weighted by Crippen LogP contribution is 2.01. The average molecular weight is 170 g/mol. The first-order valence-corrected chi connectivity index (χ1v) is 3.54. The summed E-state index contributed by atoms with van der Waals surface area (Å²) in [6, 6.07) is 8.63. The molecule has 0 unspecified atom stereocenters. The van der Waals surface area contributed by atoms with Gasteiger partial charge in [0, 0.05) is 5.56 Å². The quantitative estimate of drug-likeness (QED) is 0.572. The summed E-state index contributed by atoms with van der Waals surface area (Å²) < 4.78 is 0. The van der Waals surface area contributed by atoms with Crippen LogP contribution >= 0.6 is 0 Å². The topological polar surface area (TPSA) is 66.9 Å². The van der Waals surface area contributed by atoms with Crippen LogP contribution in [-0.2, 0) is 4.79 Å². The van der Waals surface area contributed by atoms with E-state index in [0.29, 0.717) is 11.1 Å². The lowest BCUT2D eigenvalue weighted by molar-refractivity contribution is -0.112. The van der Waals surface area contributed by atoms with Crippen molar-refractivity contribution >= 4 is 5.91 Å². The molecule has 0 aliphatic heterocycles. The Morgan fingerprint density at radius 3 is 2.69 bits per heavy atom. The van der Waals surface area contributed by atoms with Gasteiger partial charge in [0.1, 0.15) is 0 Å². The number of amides is 1. The Morgan fingerprint density at radius 1 is 1.38 bits per heavy atom. The van der Waals surface area contributed by atoms with Gasteiger partial charge in [0.15, 0.2) is 0 Å². The molecule has 0 aliphatic rings. The standard InChI is InChI=1S/C10H6N2O/c11-7-9-3-1-2-8(6-9)4-5-10(12)13/h1-3,6H,(H2,12,13). The summed E-state index contributed by atoms with van der Waals surface area (Å²) in [7, 11) is 0. The molecule has 0 spiro atoms. The van der Waals surface area contributed by atoms with E-state index < -0.39 is 5.91 Å². The van der Waals surface area contributed by atoms with Gasteiger partial charge in [0.05, 0.1) is 11.6 Å². The summed E-state index contributed by atoms with van der Waals surface area (Å²) in [6.07, 6.45) is 0. The Kier molecular flexibility index (Phi) is 2.68. The maximum absolute atomic E-state index is 10.3. The largest absolute Gasteiger partial charge is 0.359 e. The van der Waals surface area contributed by atoms with E-state index in [-0.39, 0.29) is 0 Å². The second-order valence-electron chi connectivity index (χ2n) is 2.31. The Bertz CT molecular complexity index is 432. The summed E-state index contributed by atoms with van der Waals surface area (Å²) in [5.74, 6) is 4.06. The Morgan fingerprint density at radius 2 is 2.08 bits per heavy atom. The highest BCUT2D eigenvalue weighted by molar-refractivity contribution is 5.92. The van der Waals surface area contributed by atoms with E-state index in [1.54, 1.807) is 24.3 Å². The van der Waals surface area contributed by atoms with Crippen molar-refractivity contribution in [3.63, 3.8) is 0 Å². The van der Waals surface area contributed by atoms with Crippen molar-refractivity contribution in [2.45, 2.75) is 0 Å². The van der Waals surface area contributed by atoms with E-state index in [0.717, 1.165) is 0 Å². The lowest BCUT2D eigenvalue weighted by Crippen LogP contribution is -2.06. The number of nitriles is 1. The van der Waals surface area contributed by atoms with Crippen molar-refractivity contribution in [1.82, 2.24) is 0 Å². The van der Waals surface area contributed by atoms with Crippen molar-refractivity contribution in [3.8, 4) is 17.9 Å².